The van der Waals surface area contributed by atoms with Crippen LogP contribution >= 0.6 is 0 Å². The van der Waals surface area contributed by atoms with Crippen molar-refractivity contribution in [2.75, 3.05) is 25.0 Å². The van der Waals surface area contributed by atoms with E-state index in [0.29, 0.717) is 11.6 Å². The van der Waals surface area contributed by atoms with Crippen molar-refractivity contribution in [3.8, 4) is 0 Å². The van der Waals surface area contributed by atoms with Gasteiger partial charge in [-0.2, -0.15) is 0 Å². The van der Waals surface area contributed by atoms with Gasteiger partial charge in [-0.3, -0.25) is 4.79 Å². The highest BCUT2D eigenvalue weighted by Gasteiger charge is 2.17. The minimum absolute atomic E-state index is 0.374. The molecule has 4 nitrogen and oxygen atoms in total. The van der Waals surface area contributed by atoms with Crippen LogP contribution in [-0.4, -0.2) is 32.1 Å². The Bertz CT molecular complexity index is 382. The fourth-order valence-corrected chi connectivity index (χ4v) is 2.27. The number of nitrogens with two attached hydrogens (primary N) is 1. The van der Waals surface area contributed by atoms with E-state index >= 15 is 0 Å². The molecule has 1 aromatic rings. The Morgan fingerprint density at radius 1 is 1.29 bits per heavy atom. The smallest absolute Gasteiger partial charge is 0.248 e. The van der Waals surface area contributed by atoms with Gasteiger partial charge in [0.1, 0.15) is 0 Å². The van der Waals surface area contributed by atoms with Gasteiger partial charge in [-0.15, -0.1) is 0 Å². The van der Waals surface area contributed by atoms with Crippen molar-refractivity contribution in [2.24, 2.45) is 5.73 Å². The first-order valence-corrected chi connectivity index (χ1v) is 6.02. The number of nitrogens with zero attached hydrogens (tertiary/aromatic N) is 1. The maximum Gasteiger partial charge on any atom is 0.248 e. The van der Waals surface area contributed by atoms with Crippen LogP contribution in [0.15, 0.2) is 24.3 Å². The number of amides is 1. The van der Waals surface area contributed by atoms with Gasteiger partial charge in [-0.25, -0.2) is 0 Å². The molecule has 17 heavy (non-hydrogen) atoms. The molecule has 1 aliphatic rings. The highest BCUT2D eigenvalue weighted by molar-refractivity contribution is 5.93. The van der Waals surface area contributed by atoms with E-state index in [1.54, 1.807) is 12.1 Å². The summed E-state index contributed by atoms with van der Waals surface area (Å²) in [6.45, 7) is 2.16. The average Bonchev–Trinajstić information content (AvgIpc) is 2.39. The topological polar surface area (TPSA) is 58.4 Å². The van der Waals surface area contributed by atoms with Crippen molar-refractivity contribution >= 4 is 11.6 Å². The third-order valence-electron chi connectivity index (χ3n) is 3.42. The predicted octanol–water partition coefficient (Wildman–Crippen LogP) is 0.974. The molecule has 4 heteroatoms. The van der Waals surface area contributed by atoms with Crippen LogP contribution in [0.3, 0.4) is 0 Å². The Morgan fingerprint density at radius 2 is 1.88 bits per heavy atom. The molecule has 0 aromatic heterocycles. The number of hydrogen-bond acceptors (Lipinski definition) is 3. The minimum Gasteiger partial charge on any atom is -0.372 e. The predicted molar refractivity (Wildman–Crippen MR) is 69.3 cm³/mol. The van der Waals surface area contributed by atoms with E-state index < -0.39 is 0 Å². The van der Waals surface area contributed by atoms with Gasteiger partial charge in [0.05, 0.1) is 0 Å². The number of primary amides is 1. The summed E-state index contributed by atoms with van der Waals surface area (Å²) < 4.78 is 0. The van der Waals surface area contributed by atoms with Crippen molar-refractivity contribution in [1.29, 1.82) is 0 Å². The molecule has 0 atom stereocenters. The Balaban J connectivity index is 2.07. The van der Waals surface area contributed by atoms with Crippen LogP contribution in [0.5, 0.6) is 0 Å². The molecule has 1 aliphatic heterocycles. The van der Waals surface area contributed by atoms with Gasteiger partial charge in [-0.05, 0) is 50.2 Å². The van der Waals surface area contributed by atoms with Gasteiger partial charge in [0, 0.05) is 24.3 Å². The van der Waals surface area contributed by atoms with Crippen LogP contribution < -0.4 is 16.0 Å². The monoisotopic (exact) mass is 233 g/mol. The van der Waals surface area contributed by atoms with E-state index in [4.69, 9.17) is 5.73 Å². The molecule has 92 valence electrons. The maximum absolute atomic E-state index is 11.0. The van der Waals surface area contributed by atoms with E-state index in [9.17, 15) is 4.79 Å². The highest BCUT2D eigenvalue weighted by atomic mass is 16.1. The van der Waals surface area contributed by atoms with Gasteiger partial charge >= 0.3 is 0 Å². The van der Waals surface area contributed by atoms with Crippen molar-refractivity contribution < 1.29 is 4.79 Å². The molecule has 1 heterocycles. The van der Waals surface area contributed by atoms with E-state index in [1.807, 2.05) is 12.1 Å². The third-order valence-corrected chi connectivity index (χ3v) is 3.42. The van der Waals surface area contributed by atoms with Gasteiger partial charge in [0.15, 0.2) is 0 Å². The fraction of sp³-hybridized carbons (Fsp3) is 0.462. The first kappa shape index (κ1) is 11.9. The van der Waals surface area contributed by atoms with Gasteiger partial charge in [0.25, 0.3) is 0 Å². The zero-order chi connectivity index (χ0) is 12.3. The second-order valence-corrected chi connectivity index (χ2v) is 4.50. The number of anilines is 1. The Morgan fingerprint density at radius 3 is 2.41 bits per heavy atom. The highest BCUT2D eigenvalue weighted by Crippen LogP contribution is 2.20. The van der Waals surface area contributed by atoms with E-state index in [2.05, 4.69) is 17.3 Å². The van der Waals surface area contributed by atoms with E-state index in [1.165, 1.54) is 0 Å². The summed E-state index contributed by atoms with van der Waals surface area (Å²) in [4.78, 5) is 13.3. The second-order valence-electron chi connectivity index (χ2n) is 4.50. The third kappa shape index (κ3) is 2.77. The minimum atomic E-state index is -0.374. The van der Waals surface area contributed by atoms with Crippen molar-refractivity contribution in [3.63, 3.8) is 0 Å². The zero-order valence-electron chi connectivity index (χ0n) is 10.1. The lowest BCUT2D eigenvalue weighted by Crippen LogP contribution is -2.41. The molecule has 1 fully saturated rings. The number of nitrogens with one attached hydrogen (secondary N) is 1. The van der Waals surface area contributed by atoms with Crippen LogP contribution in [0, 0.1) is 0 Å². The quantitative estimate of drug-likeness (QED) is 0.818. The molecule has 0 bridgehead atoms. The summed E-state index contributed by atoms with van der Waals surface area (Å²) in [6, 6.07) is 8.07. The molecule has 2 rings (SSSR count). The largest absolute Gasteiger partial charge is 0.372 e. The van der Waals surface area contributed by atoms with Crippen molar-refractivity contribution in [1.82, 2.24) is 5.32 Å². The van der Waals surface area contributed by atoms with E-state index in [0.717, 1.165) is 31.6 Å². The summed E-state index contributed by atoms with van der Waals surface area (Å²) in [5.41, 5.74) is 6.93. The lowest BCUT2D eigenvalue weighted by Gasteiger charge is -2.33. The first-order valence-electron chi connectivity index (χ1n) is 6.02. The molecule has 1 aromatic carbocycles. The molecule has 1 amide bonds. The normalized spacial score (nSPS) is 16.8. The molecule has 0 unspecified atom stereocenters. The second kappa shape index (κ2) is 5.19. The SMILES string of the molecule is CN(c1ccc(C(N)=O)cc1)C1CCNCC1. The van der Waals surface area contributed by atoms with Gasteiger partial charge in [-0.1, -0.05) is 0 Å². The van der Waals surface area contributed by atoms with Crippen LogP contribution in [-0.2, 0) is 0 Å². The number of hydrogen-bond donors (Lipinski definition) is 2. The molecule has 3 N–H and O–H groups in total. The number of piperidine rings is 1. The van der Waals surface area contributed by atoms with Crippen LogP contribution in [0.4, 0.5) is 5.69 Å². The summed E-state index contributed by atoms with van der Waals surface area (Å²) in [5.74, 6) is -0.374. The van der Waals surface area contributed by atoms with Crippen LogP contribution in [0.25, 0.3) is 0 Å². The van der Waals surface area contributed by atoms with Crippen LogP contribution in [0.2, 0.25) is 0 Å². The lowest BCUT2D eigenvalue weighted by molar-refractivity contribution is 0.100. The Kier molecular flexibility index (Phi) is 3.64. The summed E-state index contributed by atoms with van der Waals surface area (Å²) >= 11 is 0. The summed E-state index contributed by atoms with van der Waals surface area (Å²) in [6.07, 6.45) is 2.32. The average molecular weight is 233 g/mol. The lowest BCUT2D eigenvalue weighted by atomic mass is 10.0. The number of carbonyl (C=O) groups is 1. The van der Waals surface area contributed by atoms with Crippen molar-refractivity contribution in [3.05, 3.63) is 29.8 Å². The molecule has 0 aliphatic carbocycles. The standard InChI is InChI=1S/C13H19N3O/c1-16(12-6-8-15-9-7-12)11-4-2-10(3-5-11)13(14)17/h2-5,12,15H,6-9H2,1H3,(H2,14,17). The van der Waals surface area contributed by atoms with Crippen molar-refractivity contribution in [2.45, 2.75) is 18.9 Å². The van der Waals surface area contributed by atoms with Crippen LogP contribution in [0.1, 0.15) is 23.2 Å². The number of benzene rings is 1. The molecule has 0 spiro atoms. The number of carbonyl (C=O) groups excluding carboxylic acids is 1. The molecular formula is C13H19N3O. The fourth-order valence-electron chi connectivity index (χ4n) is 2.27. The molecule has 0 radical (unpaired) electrons. The first-order chi connectivity index (χ1) is 8.18. The molecule has 1 saturated heterocycles. The summed E-state index contributed by atoms with van der Waals surface area (Å²) in [5, 5.41) is 3.36. The van der Waals surface area contributed by atoms with E-state index in [-0.39, 0.29) is 5.91 Å². The van der Waals surface area contributed by atoms with Gasteiger partial charge < -0.3 is 16.0 Å². The maximum atomic E-state index is 11.0. The molecular weight excluding hydrogens is 214 g/mol. The zero-order valence-corrected chi connectivity index (χ0v) is 10.1. The number of rotatable bonds is 3. The van der Waals surface area contributed by atoms with Gasteiger partial charge in [0.2, 0.25) is 5.91 Å². The molecule has 0 saturated carbocycles. The Labute approximate surface area is 102 Å². The summed E-state index contributed by atoms with van der Waals surface area (Å²) in [7, 11) is 2.11. The Hall–Kier alpha value is -1.55.